The van der Waals surface area contributed by atoms with Crippen LogP contribution in [0, 0.1) is 0 Å². The molecule has 3 rings (SSSR count). The van der Waals surface area contributed by atoms with Crippen LogP contribution in [0.5, 0.6) is 5.75 Å². The lowest BCUT2D eigenvalue weighted by Crippen LogP contribution is -2.23. The minimum absolute atomic E-state index is 0.00952. The van der Waals surface area contributed by atoms with Crippen LogP contribution >= 0.6 is 0 Å². The van der Waals surface area contributed by atoms with Crippen LogP contribution < -0.4 is 15.6 Å². The van der Waals surface area contributed by atoms with Crippen molar-refractivity contribution in [3.8, 4) is 5.75 Å². The maximum absolute atomic E-state index is 12.4. The number of hydrogen-bond acceptors (Lipinski definition) is 3. The summed E-state index contributed by atoms with van der Waals surface area (Å²) in [6.07, 6.45) is 2.98. The SMILES string of the molecule is CC(C)(C)c1ccc(C(=C[C@H]2CCC(=O)N2)c2ccc(OC(F)F)c(=O)[nH]2)cc1. The average Bonchev–Trinajstić information content (AvgIpc) is 3.05. The molecule has 2 aromatic rings. The lowest BCUT2D eigenvalue weighted by Gasteiger charge is -2.20. The summed E-state index contributed by atoms with van der Waals surface area (Å²) >= 11 is 0. The van der Waals surface area contributed by atoms with E-state index in [9.17, 15) is 18.4 Å². The Morgan fingerprint density at radius 3 is 2.34 bits per heavy atom. The fraction of sp³-hybridized carbons (Fsp3) is 0.364. The van der Waals surface area contributed by atoms with Crippen LogP contribution in [0.4, 0.5) is 8.78 Å². The Balaban J connectivity index is 2.02. The molecule has 0 unspecified atom stereocenters. The van der Waals surface area contributed by atoms with Crippen LogP contribution in [0.2, 0.25) is 0 Å². The Morgan fingerprint density at radius 1 is 1.14 bits per heavy atom. The second-order valence-corrected chi connectivity index (χ2v) is 8.06. The zero-order valence-electron chi connectivity index (χ0n) is 16.6. The zero-order chi connectivity index (χ0) is 21.2. The molecule has 2 heterocycles. The number of pyridine rings is 1. The molecule has 0 spiro atoms. The molecule has 1 fully saturated rings. The van der Waals surface area contributed by atoms with E-state index < -0.39 is 17.9 Å². The molecule has 1 aliphatic heterocycles. The van der Waals surface area contributed by atoms with E-state index in [1.54, 1.807) is 0 Å². The van der Waals surface area contributed by atoms with E-state index >= 15 is 0 Å². The number of benzene rings is 1. The predicted molar refractivity (Wildman–Crippen MR) is 107 cm³/mol. The summed E-state index contributed by atoms with van der Waals surface area (Å²) < 4.78 is 29.1. The van der Waals surface area contributed by atoms with Crippen molar-refractivity contribution in [1.29, 1.82) is 0 Å². The van der Waals surface area contributed by atoms with Gasteiger partial charge < -0.3 is 15.0 Å². The van der Waals surface area contributed by atoms with Crippen LogP contribution in [-0.4, -0.2) is 23.5 Å². The number of amides is 1. The third kappa shape index (κ3) is 5.10. The maximum atomic E-state index is 12.4. The van der Waals surface area contributed by atoms with Gasteiger partial charge in [0.15, 0.2) is 5.75 Å². The van der Waals surface area contributed by atoms with Gasteiger partial charge in [0.25, 0.3) is 5.56 Å². The second-order valence-electron chi connectivity index (χ2n) is 8.06. The van der Waals surface area contributed by atoms with Gasteiger partial charge in [-0.2, -0.15) is 8.78 Å². The molecule has 2 N–H and O–H groups in total. The highest BCUT2D eigenvalue weighted by Gasteiger charge is 2.21. The van der Waals surface area contributed by atoms with Gasteiger partial charge in [0.2, 0.25) is 5.91 Å². The van der Waals surface area contributed by atoms with Gasteiger partial charge in [-0.05, 0) is 35.1 Å². The van der Waals surface area contributed by atoms with E-state index in [0.29, 0.717) is 24.1 Å². The van der Waals surface area contributed by atoms with E-state index in [4.69, 9.17) is 0 Å². The van der Waals surface area contributed by atoms with Crippen molar-refractivity contribution in [2.45, 2.75) is 51.7 Å². The highest BCUT2D eigenvalue weighted by Crippen LogP contribution is 2.28. The number of rotatable bonds is 5. The Morgan fingerprint density at radius 2 is 1.83 bits per heavy atom. The first-order chi connectivity index (χ1) is 13.6. The molecule has 0 radical (unpaired) electrons. The third-order valence-corrected chi connectivity index (χ3v) is 4.84. The molecule has 5 nitrogen and oxygen atoms in total. The van der Waals surface area contributed by atoms with Gasteiger partial charge in [-0.1, -0.05) is 51.1 Å². The topological polar surface area (TPSA) is 71.2 Å². The van der Waals surface area contributed by atoms with Gasteiger partial charge in [-0.25, -0.2) is 0 Å². The molecule has 1 aliphatic rings. The van der Waals surface area contributed by atoms with Crippen molar-refractivity contribution >= 4 is 11.5 Å². The fourth-order valence-corrected chi connectivity index (χ4v) is 3.26. The van der Waals surface area contributed by atoms with E-state index in [1.165, 1.54) is 12.1 Å². The average molecular weight is 402 g/mol. The van der Waals surface area contributed by atoms with Gasteiger partial charge >= 0.3 is 6.61 Å². The summed E-state index contributed by atoms with van der Waals surface area (Å²) in [6, 6.07) is 10.5. The van der Waals surface area contributed by atoms with Crippen LogP contribution in [0.25, 0.3) is 5.57 Å². The van der Waals surface area contributed by atoms with E-state index in [-0.39, 0.29) is 17.4 Å². The van der Waals surface area contributed by atoms with Crippen molar-refractivity contribution in [1.82, 2.24) is 10.3 Å². The quantitative estimate of drug-likeness (QED) is 0.795. The predicted octanol–water partition coefficient (Wildman–Crippen LogP) is 3.98. The number of carbonyl (C=O) groups excluding carboxylic acids is 1. The number of aromatic amines is 1. The number of H-pyrrole nitrogens is 1. The molecular weight excluding hydrogens is 378 g/mol. The number of halogens is 2. The second kappa shape index (κ2) is 8.19. The number of nitrogens with one attached hydrogen (secondary N) is 2. The van der Waals surface area contributed by atoms with Gasteiger partial charge in [0.05, 0.1) is 0 Å². The molecule has 1 aromatic heterocycles. The molecular formula is C22H24F2N2O3. The molecule has 1 amide bonds. The Hall–Kier alpha value is -2.96. The lowest BCUT2D eigenvalue weighted by atomic mass is 9.86. The Bertz CT molecular complexity index is 973. The Labute approximate surface area is 167 Å². The number of aromatic nitrogens is 1. The first-order valence-corrected chi connectivity index (χ1v) is 9.44. The van der Waals surface area contributed by atoms with Crippen molar-refractivity contribution in [2.75, 3.05) is 0 Å². The molecule has 0 aliphatic carbocycles. The van der Waals surface area contributed by atoms with Gasteiger partial charge in [-0.3, -0.25) is 9.59 Å². The first-order valence-electron chi connectivity index (χ1n) is 9.44. The summed E-state index contributed by atoms with van der Waals surface area (Å²) in [6.45, 7) is 3.28. The summed E-state index contributed by atoms with van der Waals surface area (Å²) in [5.74, 6) is -0.469. The van der Waals surface area contributed by atoms with E-state index in [1.807, 2.05) is 30.3 Å². The summed E-state index contributed by atoms with van der Waals surface area (Å²) in [5.41, 5.74) is 2.42. The van der Waals surface area contributed by atoms with E-state index in [0.717, 1.165) is 11.1 Å². The van der Waals surface area contributed by atoms with Gasteiger partial charge in [-0.15, -0.1) is 0 Å². The van der Waals surface area contributed by atoms with Crippen molar-refractivity contribution in [3.63, 3.8) is 0 Å². The highest BCUT2D eigenvalue weighted by molar-refractivity contribution is 5.82. The molecule has 7 heteroatoms. The first kappa shape index (κ1) is 20.8. The molecule has 1 saturated heterocycles. The molecule has 29 heavy (non-hydrogen) atoms. The van der Waals surface area contributed by atoms with Crippen molar-refractivity contribution < 1.29 is 18.3 Å². The largest absolute Gasteiger partial charge is 0.429 e. The fourth-order valence-electron chi connectivity index (χ4n) is 3.26. The normalized spacial score (nSPS) is 17.5. The smallest absolute Gasteiger partial charge is 0.387 e. The van der Waals surface area contributed by atoms with Gasteiger partial charge in [0, 0.05) is 23.7 Å². The zero-order valence-corrected chi connectivity index (χ0v) is 16.6. The summed E-state index contributed by atoms with van der Waals surface area (Å²) in [4.78, 5) is 26.4. The molecule has 0 saturated carbocycles. The number of alkyl halides is 2. The summed E-state index contributed by atoms with van der Waals surface area (Å²) in [7, 11) is 0. The molecule has 0 bridgehead atoms. The maximum Gasteiger partial charge on any atom is 0.387 e. The minimum atomic E-state index is -3.07. The standard InChI is InChI=1S/C22H24F2N2O3/c1-22(2,3)14-6-4-13(5-7-14)16(12-15-8-11-19(27)25-15)17-9-10-18(20(28)26-17)29-21(23)24/h4-7,9-10,12,15,21H,8,11H2,1-3H3,(H,25,27)(H,26,28)/t15-/m1/s1. The highest BCUT2D eigenvalue weighted by atomic mass is 19.3. The molecule has 154 valence electrons. The number of carbonyl (C=O) groups is 1. The third-order valence-electron chi connectivity index (χ3n) is 4.84. The van der Waals surface area contributed by atoms with Crippen LogP contribution in [-0.2, 0) is 10.2 Å². The van der Waals surface area contributed by atoms with Gasteiger partial charge in [0.1, 0.15) is 0 Å². The molecule has 1 aromatic carbocycles. The minimum Gasteiger partial charge on any atom is -0.429 e. The lowest BCUT2D eigenvalue weighted by molar-refractivity contribution is -0.119. The monoisotopic (exact) mass is 402 g/mol. The van der Waals surface area contributed by atoms with Crippen LogP contribution in [0.1, 0.15) is 50.4 Å². The molecule has 1 atom stereocenters. The van der Waals surface area contributed by atoms with Crippen LogP contribution in [0.3, 0.4) is 0 Å². The number of ether oxygens (including phenoxy) is 1. The number of hydrogen-bond donors (Lipinski definition) is 2. The van der Waals surface area contributed by atoms with Crippen molar-refractivity contribution in [3.05, 3.63) is 69.6 Å². The van der Waals surface area contributed by atoms with Crippen LogP contribution in [0.15, 0.2) is 47.3 Å². The summed E-state index contributed by atoms with van der Waals surface area (Å²) in [5, 5.41) is 2.88. The van der Waals surface area contributed by atoms with E-state index in [2.05, 4.69) is 35.8 Å². The Kier molecular flexibility index (Phi) is 5.86. The van der Waals surface area contributed by atoms with Crippen molar-refractivity contribution in [2.24, 2.45) is 0 Å².